The molecule has 52 heavy (non-hydrogen) atoms. The van der Waals surface area contributed by atoms with E-state index >= 15 is 0 Å². The van der Waals surface area contributed by atoms with E-state index in [0.29, 0.717) is 61.6 Å². The average molecular weight is 726 g/mol. The Morgan fingerprint density at radius 1 is 0.942 bits per heavy atom. The molecule has 1 aliphatic heterocycles. The highest BCUT2D eigenvalue weighted by atomic mass is 35.5. The lowest BCUT2D eigenvalue weighted by Crippen LogP contribution is -2.38. The average Bonchev–Trinajstić information content (AvgIpc) is 3.66. The van der Waals surface area contributed by atoms with Crippen LogP contribution >= 0.6 is 11.6 Å². The van der Waals surface area contributed by atoms with Crippen molar-refractivity contribution < 1.29 is 28.9 Å². The van der Waals surface area contributed by atoms with Gasteiger partial charge in [0.15, 0.2) is 0 Å². The van der Waals surface area contributed by atoms with Crippen LogP contribution in [0.5, 0.6) is 17.6 Å². The third-order valence-electron chi connectivity index (χ3n) is 10.5. The zero-order valence-electron chi connectivity index (χ0n) is 29.9. The standard InChI is InChI=1S/C40H44ClN5O6/c1-22-18-32(45-38(51-4)31(22)21-42-20-25-11-14-34(47)44-25)30-10-6-9-29(35(30)41)26-7-5-8-28-27(26)12-13-33(28)52-36-23(2)17-24(37(46-36)50-3)19-43-40(15-16-40)39(48)49/h5-10,17-18,25,33,42-43H,11-16,19-21H2,1-4H3,(H,44,47)(H,48,49)/t25-,33-/m0/s1. The topological polar surface area (TPSA) is 144 Å². The number of carbonyl (C=O) groups excluding carboxylic acids is 1. The summed E-state index contributed by atoms with van der Waals surface area (Å²) < 4.78 is 17.9. The van der Waals surface area contributed by atoms with E-state index in [2.05, 4.69) is 28.1 Å². The molecule has 1 amide bonds. The molecule has 4 N–H and O–H groups in total. The Balaban J connectivity index is 1.11. The second-order valence-corrected chi connectivity index (χ2v) is 14.3. The lowest BCUT2D eigenvalue weighted by Gasteiger charge is -2.19. The summed E-state index contributed by atoms with van der Waals surface area (Å²) in [5.41, 5.74) is 8.56. The lowest BCUT2D eigenvalue weighted by atomic mass is 9.94. The van der Waals surface area contributed by atoms with E-state index in [9.17, 15) is 14.7 Å². The molecule has 2 atom stereocenters. The van der Waals surface area contributed by atoms with Gasteiger partial charge in [-0.25, -0.2) is 4.98 Å². The number of rotatable bonds is 14. The molecule has 7 rings (SSSR count). The largest absolute Gasteiger partial charge is 0.481 e. The van der Waals surface area contributed by atoms with Gasteiger partial charge in [0.2, 0.25) is 23.5 Å². The fraction of sp³-hybridized carbons (Fsp3) is 0.400. The lowest BCUT2D eigenvalue weighted by molar-refractivity contribution is -0.140. The molecule has 2 aromatic heterocycles. The van der Waals surface area contributed by atoms with Gasteiger partial charge in [0.05, 0.1) is 24.9 Å². The first-order valence-electron chi connectivity index (χ1n) is 17.8. The monoisotopic (exact) mass is 725 g/mol. The molecule has 1 saturated heterocycles. The van der Waals surface area contributed by atoms with Crippen molar-refractivity contribution in [1.29, 1.82) is 0 Å². The van der Waals surface area contributed by atoms with E-state index in [-0.39, 0.29) is 18.1 Å². The molecule has 2 aliphatic carbocycles. The summed E-state index contributed by atoms with van der Waals surface area (Å²) in [5.74, 6) is 0.710. The molecule has 0 unspecified atom stereocenters. The minimum atomic E-state index is -0.857. The molecule has 3 heterocycles. The number of aryl methyl sites for hydroxylation is 2. The van der Waals surface area contributed by atoms with E-state index in [4.69, 9.17) is 35.8 Å². The second-order valence-electron chi connectivity index (χ2n) is 14.0. The van der Waals surface area contributed by atoms with E-state index in [1.165, 1.54) is 5.56 Å². The molecular formula is C40H44ClN5O6. The Hall–Kier alpha value is -4.71. The molecule has 12 heteroatoms. The van der Waals surface area contributed by atoms with Gasteiger partial charge in [-0.3, -0.25) is 14.9 Å². The van der Waals surface area contributed by atoms with Crippen molar-refractivity contribution in [3.8, 4) is 40.0 Å². The van der Waals surface area contributed by atoms with Crippen molar-refractivity contribution in [2.24, 2.45) is 0 Å². The fourth-order valence-electron chi connectivity index (χ4n) is 7.37. The number of ether oxygens (including phenoxy) is 3. The first-order valence-corrected chi connectivity index (χ1v) is 18.1. The molecule has 11 nitrogen and oxygen atoms in total. The van der Waals surface area contributed by atoms with Crippen LogP contribution in [0.4, 0.5) is 0 Å². The Kier molecular flexibility index (Phi) is 10.1. The number of aliphatic carboxylic acids is 1. The van der Waals surface area contributed by atoms with Gasteiger partial charge in [-0.1, -0.05) is 48.0 Å². The third kappa shape index (κ3) is 7.05. The van der Waals surface area contributed by atoms with Crippen LogP contribution in [-0.2, 0) is 29.1 Å². The van der Waals surface area contributed by atoms with Gasteiger partial charge in [0, 0.05) is 59.9 Å². The van der Waals surface area contributed by atoms with Crippen molar-refractivity contribution in [2.75, 3.05) is 20.8 Å². The first kappa shape index (κ1) is 35.7. The van der Waals surface area contributed by atoms with Crippen molar-refractivity contribution in [2.45, 2.75) is 83.1 Å². The van der Waals surface area contributed by atoms with Crippen LogP contribution in [0.1, 0.15) is 71.6 Å². The molecule has 0 radical (unpaired) electrons. The van der Waals surface area contributed by atoms with Gasteiger partial charge in [0.25, 0.3) is 0 Å². The third-order valence-corrected chi connectivity index (χ3v) is 10.9. The van der Waals surface area contributed by atoms with Gasteiger partial charge in [-0.15, -0.1) is 0 Å². The summed E-state index contributed by atoms with van der Waals surface area (Å²) in [4.78, 5) is 32.8. The van der Waals surface area contributed by atoms with Gasteiger partial charge in [0.1, 0.15) is 11.6 Å². The predicted octanol–water partition coefficient (Wildman–Crippen LogP) is 6.24. The van der Waals surface area contributed by atoms with Crippen LogP contribution in [0.3, 0.4) is 0 Å². The number of hydrogen-bond acceptors (Lipinski definition) is 9. The Bertz CT molecular complexity index is 2030. The number of nitrogens with zero attached hydrogens (tertiary/aromatic N) is 2. The maximum atomic E-state index is 11.6. The number of pyridine rings is 2. The maximum absolute atomic E-state index is 11.6. The second kappa shape index (κ2) is 14.7. The number of carboxylic acid groups (broad SMARTS) is 1. The van der Waals surface area contributed by atoms with Crippen LogP contribution in [0.15, 0.2) is 48.5 Å². The van der Waals surface area contributed by atoms with Crippen molar-refractivity contribution in [3.05, 3.63) is 86.9 Å². The molecular weight excluding hydrogens is 682 g/mol. The number of benzene rings is 2. The number of fused-ring (bicyclic) bond motifs is 1. The number of carboxylic acids is 1. The summed E-state index contributed by atoms with van der Waals surface area (Å²) >= 11 is 7.22. The minimum absolute atomic E-state index is 0.103. The van der Waals surface area contributed by atoms with E-state index in [1.54, 1.807) is 14.2 Å². The number of nitrogens with one attached hydrogen (secondary N) is 3. The first-order chi connectivity index (χ1) is 25.1. The van der Waals surface area contributed by atoms with Gasteiger partial charge in [-0.05, 0) is 80.3 Å². The summed E-state index contributed by atoms with van der Waals surface area (Å²) in [7, 11) is 3.18. The molecule has 0 spiro atoms. The van der Waals surface area contributed by atoms with Crippen LogP contribution < -0.4 is 30.2 Å². The van der Waals surface area contributed by atoms with Gasteiger partial charge < -0.3 is 30.0 Å². The highest BCUT2D eigenvalue weighted by Gasteiger charge is 2.50. The molecule has 0 bridgehead atoms. The Morgan fingerprint density at radius 3 is 2.40 bits per heavy atom. The normalized spacial score (nSPS) is 18.5. The van der Waals surface area contributed by atoms with Crippen molar-refractivity contribution in [1.82, 2.24) is 25.9 Å². The zero-order valence-corrected chi connectivity index (χ0v) is 30.7. The van der Waals surface area contributed by atoms with Crippen LogP contribution in [0, 0.1) is 13.8 Å². The smallest absolute Gasteiger partial charge is 0.323 e. The minimum Gasteiger partial charge on any atom is -0.481 e. The fourth-order valence-corrected chi connectivity index (χ4v) is 7.70. The number of halogens is 1. The van der Waals surface area contributed by atoms with Crippen LogP contribution in [0.2, 0.25) is 5.02 Å². The molecule has 4 aromatic rings. The van der Waals surface area contributed by atoms with Crippen LogP contribution in [-0.4, -0.2) is 59.3 Å². The predicted molar refractivity (Wildman–Crippen MR) is 198 cm³/mol. The Labute approximate surface area is 308 Å². The quantitative estimate of drug-likeness (QED) is 0.118. The molecule has 2 fully saturated rings. The summed E-state index contributed by atoms with van der Waals surface area (Å²) in [6, 6.07) is 16.4. The van der Waals surface area contributed by atoms with Gasteiger partial charge >= 0.3 is 5.97 Å². The summed E-state index contributed by atoms with van der Waals surface area (Å²) in [5, 5.41) is 19.8. The Morgan fingerprint density at radius 2 is 1.69 bits per heavy atom. The number of aromatic nitrogens is 2. The van der Waals surface area contributed by atoms with Crippen LogP contribution in [0.25, 0.3) is 22.4 Å². The van der Waals surface area contributed by atoms with E-state index in [1.807, 2.05) is 50.2 Å². The van der Waals surface area contributed by atoms with E-state index < -0.39 is 11.5 Å². The zero-order chi connectivity index (χ0) is 36.6. The number of methoxy groups -OCH3 is 2. The number of carbonyl (C=O) groups is 2. The van der Waals surface area contributed by atoms with E-state index in [0.717, 1.165) is 69.5 Å². The SMILES string of the molecule is COc1nc(O[C@H]2CCc3c(-c4cccc(-c5cc(C)c(CNC[C@@H]6CCC(=O)N6)c(OC)n5)c4Cl)cccc32)c(C)cc1CNC1(C(=O)O)CC1. The maximum Gasteiger partial charge on any atom is 0.323 e. The van der Waals surface area contributed by atoms with Gasteiger partial charge in [-0.2, -0.15) is 4.98 Å². The molecule has 2 aromatic carbocycles. The highest BCUT2D eigenvalue weighted by molar-refractivity contribution is 6.36. The summed E-state index contributed by atoms with van der Waals surface area (Å²) in [6.45, 7) is 5.58. The number of amides is 1. The highest BCUT2D eigenvalue weighted by Crippen LogP contribution is 2.44. The molecule has 3 aliphatic rings. The van der Waals surface area contributed by atoms with Crippen molar-refractivity contribution >= 4 is 23.5 Å². The molecule has 1 saturated carbocycles. The number of hydrogen-bond donors (Lipinski definition) is 4. The van der Waals surface area contributed by atoms with Crippen molar-refractivity contribution in [3.63, 3.8) is 0 Å². The molecule has 272 valence electrons. The summed E-state index contributed by atoms with van der Waals surface area (Å²) in [6.07, 6.45) is 4.00.